The van der Waals surface area contributed by atoms with Crippen LogP contribution in [0, 0.1) is 5.82 Å². The average molecular weight is 365 g/mol. The number of hydrazone groups is 1. The van der Waals surface area contributed by atoms with Crippen LogP contribution in [0.2, 0.25) is 0 Å². The van der Waals surface area contributed by atoms with Gasteiger partial charge in [0.2, 0.25) is 5.91 Å². The van der Waals surface area contributed by atoms with Gasteiger partial charge in [0.15, 0.2) is 5.03 Å². The third-order valence-electron chi connectivity index (χ3n) is 3.24. The Hall–Kier alpha value is -2.75. The van der Waals surface area contributed by atoms with Gasteiger partial charge < -0.3 is 0 Å². The standard InChI is InChI=1S/C15H16FN5O3S/c1-9(10-4-6-11(16)7-5-10)17-18-12(22)8-25-13-14(23)20(2)15(24)21(3)19-13/h4-7H,8H2,1-3H3,(H,18,22)/b17-9-. The summed E-state index contributed by atoms with van der Waals surface area (Å²) in [5.41, 5.74) is 2.43. The van der Waals surface area contributed by atoms with E-state index in [0.717, 1.165) is 21.0 Å². The molecule has 132 valence electrons. The van der Waals surface area contributed by atoms with Crippen molar-refractivity contribution in [1.82, 2.24) is 19.8 Å². The highest BCUT2D eigenvalue weighted by molar-refractivity contribution is 7.99. The highest BCUT2D eigenvalue weighted by atomic mass is 32.2. The van der Waals surface area contributed by atoms with E-state index in [-0.39, 0.29) is 16.6 Å². The predicted molar refractivity (Wildman–Crippen MR) is 92.2 cm³/mol. The summed E-state index contributed by atoms with van der Waals surface area (Å²) in [5, 5.41) is 7.81. The van der Waals surface area contributed by atoms with E-state index in [9.17, 15) is 18.8 Å². The largest absolute Gasteiger partial charge is 0.346 e. The van der Waals surface area contributed by atoms with Crippen LogP contribution in [0.3, 0.4) is 0 Å². The van der Waals surface area contributed by atoms with Crippen LogP contribution in [0.4, 0.5) is 4.39 Å². The highest BCUT2D eigenvalue weighted by Crippen LogP contribution is 2.08. The quantitative estimate of drug-likeness (QED) is 0.465. The fraction of sp³-hybridized carbons (Fsp3) is 0.267. The molecule has 8 nitrogen and oxygen atoms in total. The zero-order valence-corrected chi connectivity index (χ0v) is 14.6. The number of nitrogens with zero attached hydrogens (tertiary/aromatic N) is 4. The number of halogens is 1. The van der Waals surface area contributed by atoms with Crippen LogP contribution in [0.1, 0.15) is 12.5 Å². The Balaban J connectivity index is 2.00. The van der Waals surface area contributed by atoms with Gasteiger partial charge >= 0.3 is 5.69 Å². The number of hydrogen-bond acceptors (Lipinski definition) is 6. The van der Waals surface area contributed by atoms with E-state index in [0.29, 0.717) is 11.3 Å². The first-order chi connectivity index (χ1) is 11.8. The molecule has 2 aromatic rings. The van der Waals surface area contributed by atoms with E-state index in [1.54, 1.807) is 19.1 Å². The average Bonchev–Trinajstić information content (AvgIpc) is 2.60. The van der Waals surface area contributed by atoms with Crippen molar-refractivity contribution in [3.8, 4) is 0 Å². The summed E-state index contributed by atoms with van der Waals surface area (Å²) in [6, 6.07) is 5.70. The Bertz CT molecular complexity index is 934. The molecule has 0 saturated carbocycles. The monoisotopic (exact) mass is 365 g/mol. The second kappa shape index (κ2) is 7.88. The minimum atomic E-state index is -0.563. The molecule has 1 aromatic carbocycles. The molecule has 0 unspecified atom stereocenters. The van der Waals surface area contributed by atoms with Gasteiger partial charge in [0, 0.05) is 14.1 Å². The molecule has 1 heterocycles. The Morgan fingerprint density at radius 2 is 1.92 bits per heavy atom. The molecule has 1 N–H and O–H groups in total. The van der Waals surface area contributed by atoms with Crippen molar-refractivity contribution in [2.45, 2.75) is 11.9 Å². The lowest BCUT2D eigenvalue weighted by Gasteiger charge is -2.05. The number of nitrogens with one attached hydrogen (secondary N) is 1. The van der Waals surface area contributed by atoms with E-state index in [1.807, 2.05) is 0 Å². The lowest BCUT2D eigenvalue weighted by Crippen LogP contribution is -2.39. The van der Waals surface area contributed by atoms with Crippen LogP contribution >= 0.6 is 11.8 Å². The maximum atomic E-state index is 12.9. The van der Waals surface area contributed by atoms with Crippen molar-refractivity contribution in [2.24, 2.45) is 19.2 Å². The number of benzene rings is 1. The minimum absolute atomic E-state index is 0.0407. The molecular weight excluding hydrogens is 349 g/mol. The first-order valence-corrected chi connectivity index (χ1v) is 8.14. The Morgan fingerprint density at radius 1 is 1.28 bits per heavy atom. The minimum Gasteiger partial charge on any atom is -0.272 e. The molecule has 25 heavy (non-hydrogen) atoms. The third-order valence-corrected chi connectivity index (χ3v) is 4.18. The van der Waals surface area contributed by atoms with Crippen molar-refractivity contribution in [3.05, 3.63) is 56.5 Å². The van der Waals surface area contributed by atoms with Crippen molar-refractivity contribution < 1.29 is 9.18 Å². The Morgan fingerprint density at radius 3 is 2.56 bits per heavy atom. The summed E-state index contributed by atoms with van der Waals surface area (Å²) in [6.07, 6.45) is 0. The summed E-state index contributed by atoms with van der Waals surface area (Å²) < 4.78 is 14.8. The van der Waals surface area contributed by atoms with Gasteiger partial charge in [-0.25, -0.2) is 19.3 Å². The fourth-order valence-electron chi connectivity index (χ4n) is 1.83. The van der Waals surface area contributed by atoms with Crippen LogP contribution in [0.5, 0.6) is 0 Å². The van der Waals surface area contributed by atoms with E-state index in [2.05, 4.69) is 15.6 Å². The second-order valence-electron chi connectivity index (χ2n) is 5.10. The summed E-state index contributed by atoms with van der Waals surface area (Å²) >= 11 is 0.907. The molecule has 10 heteroatoms. The fourth-order valence-corrected chi connectivity index (χ4v) is 2.60. The molecule has 1 amide bonds. The molecule has 2 rings (SSSR count). The van der Waals surface area contributed by atoms with E-state index in [4.69, 9.17) is 0 Å². The van der Waals surface area contributed by atoms with Gasteiger partial charge in [0.1, 0.15) is 5.82 Å². The van der Waals surface area contributed by atoms with Crippen LogP contribution < -0.4 is 16.7 Å². The van der Waals surface area contributed by atoms with Crippen molar-refractivity contribution in [3.63, 3.8) is 0 Å². The smallest absolute Gasteiger partial charge is 0.272 e. The summed E-state index contributed by atoms with van der Waals surface area (Å²) in [6.45, 7) is 1.67. The van der Waals surface area contributed by atoms with Gasteiger partial charge in [-0.1, -0.05) is 23.9 Å². The molecule has 0 aliphatic heterocycles. The molecule has 1 aromatic heterocycles. The maximum Gasteiger partial charge on any atom is 0.346 e. The molecule has 0 aliphatic carbocycles. The normalized spacial score (nSPS) is 11.4. The molecule has 0 saturated heterocycles. The Kier molecular flexibility index (Phi) is 5.86. The van der Waals surface area contributed by atoms with Crippen LogP contribution in [0.15, 0.2) is 44.0 Å². The van der Waals surface area contributed by atoms with Crippen LogP contribution in [0.25, 0.3) is 0 Å². The number of carbonyl (C=O) groups is 1. The second-order valence-corrected chi connectivity index (χ2v) is 6.07. The summed E-state index contributed by atoms with van der Waals surface area (Å²) in [5.74, 6) is -0.895. The van der Waals surface area contributed by atoms with Gasteiger partial charge in [0.25, 0.3) is 5.56 Å². The van der Waals surface area contributed by atoms with Crippen molar-refractivity contribution >= 4 is 23.4 Å². The first-order valence-electron chi connectivity index (χ1n) is 7.16. The number of hydrogen-bond donors (Lipinski definition) is 1. The van der Waals surface area contributed by atoms with Gasteiger partial charge in [-0.05, 0) is 24.6 Å². The maximum absolute atomic E-state index is 12.9. The van der Waals surface area contributed by atoms with Gasteiger partial charge in [-0.15, -0.1) is 0 Å². The molecular formula is C15H16FN5O3S. The zero-order chi connectivity index (χ0) is 18.6. The summed E-state index contributed by atoms with van der Waals surface area (Å²) in [7, 11) is 2.76. The summed E-state index contributed by atoms with van der Waals surface area (Å²) in [4.78, 5) is 35.3. The van der Waals surface area contributed by atoms with Gasteiger partial charge in [0.05, 0.1) is 11.5 Å². The molecule has 0 fully saturated rings. The SMILES string of the molecule is C/C(=N/NC(=O)CSc1nn(C)c(=O)n(C)c1=O)c1ccc(F)cc1. The van der Waals surface area contributed by atoms with E-state index >= 15 is 0 Å². The lowest BCUT2D eigenvalue weighted by atomic mass is 10.1. The number of thioether (sulfide) groups is 1. The van der Waals surface area contributed by atoms with Crippen molar-refractivity contribution in [1.29, 1.82) is 0 Å². The van der Waals surface area contributed by atoms with Crippen molar-refractivity contribution in [2.75, 3.05) is 5.75 Å². The molecule has 0 bridgehead atoms. The van der Waals surface area contributed by atoms with Gasteiger partial charge in [-0.3, -0.25) is 14.2 Å². The number of amides is 1. The van der Waals surface area contributed by atoms with Crippen LogP contribution in [-0.2, 0) is 18.9 Å². The Labute approximate surface area is 146 Å². The zero-order valence-electron chi connectivity index (χ0n) is 13.8. The highest BCUT2D eigenvalue weighted by Gasteiger charge is 2.11. The lowest BCUT2D eigenvalue weighted by molar-refractivity contribution is -0.118. The van der Waals surface area contributed by atoms with E-state index < -0.39 is 17.2 Å². The van der Waals surface area contributed by atoms with E-state index in [1.165, 1.54) is 26.2 Å². The topological polar surface area (TPSA) is 98.3 Å². The first kappa shape index (κ1) is 18.6. The van der Waals surface area contributed by atoms with Gasteiger partial charge in [-0.2, -0.15) is 10.2 Å². The number of aromatic nitrogens is 3. The number of carbonyl (C=O) groups excluding carboxylic acids is 1. The molecule has 0 aliphatic rings. The molecule has 0 atom stereocenters. The molecule has 0 radical (unpaired) electrons. The molecule has 0 spiro atoms. The number of aryl methyl sites for hydroxylation is 1. The third kappa shape index (κ3) is 4.63. The van der Waals surface area contributed by atoms with Crippen LogP contribution in [-0.4, -0.2) is 31.7 Å². The number of rotatable bonds is 5. The predicted octanol–water partition coefficient (Wildman–Crippen LogP) is 0.251.